The van der Waals surface area contributed by atoms with Crippen LogP contribution >= 0.6 is 0 Å². The van der Waals surface area contributed by atoms with Crippen molar-refractivity contribution in [3.63, 3.8) is 0 Å². The van der Waals surface area contributed by atoms with E-state index in [4.69, 9.17) is 0 Å². The number of rotatable bonds is 2. The number of halogens is 1. The standard InChI is InChI=1S/C15H13FN2O4/c16-10-4-3-9(6-11(10)18(21)22)17-14(19)12-7-1-2-8(5-7)13(12)15(17)20/h3-4,6-8,12-13H,1-2,5H2/t7-,8-,12-,13+/m0/s1. The average molecular weight is 304 g/mol. The summed E-state index contributed by atoms with van der Waals surface area (Å²) in [5, 5.41) is 10.8. The number of nitro benzene ring substituents is 1. The fourth-order valence-electron chi connectivity index (χ4n) is 4.44. The minimum Gasteiger partial charge on any atom is -0.274 e. The molecule has 114 valence electrons. The molecule has 1 aromatic carbocycles. The quantitative estimate of drug-likeness (QED) is 0.477. The minimum absolute atomic E-state index is 0.0944. The van der Waals surface area contributed by atoms with Crippen LogP contribution in [-0.4, -0.2) is 16.7 Å². The number of carbonyl (C=O) groups is 2. The Labute approximate surface area is 125 Å². The second-order valence-corrected chi connectivity index (χ2v) is 6.29. The van der Waals surface area contributed by atoms with Crippen molar-refractivity contribution in [2.45, 2.75) is 19.3 Å². The second kappa shape index (κ2) is 4.34. The minimum atomic E-state index is -0.979. The number of fused-ring (bicyclic) bond motifs is 5. The summed E-state index contributed by atoms with van der Waals surface area (Å²) in [7, 11) is 0. The van der Waals surface area contributed by atoms with Crippen LogP contribution in [0.4, 0.5) is 15.8 Å². The Hall–Kier alpha value is -2.31. The highest BCUT2D eigenvalue weighted by Crippen LogP contribution is 2.56. The van der Waals surface area contributed by atoms with Gasteiger partial charge in [-0.15, -0.1) is 0 Å². The third kappa shape index (κ3) is 1.59. The molecule has 0 unspecified atom stereocenters. The van der Waals surface area contributed by atoms with Crippen LogP contribution in [-0.2, 0) is 9.59 Å². The predicted molar refractivity (Wildman–Crippen MR) is 73.4 cm³/mol. The molecule has 1 heterocycles. The van der Waals surface area contributed by atoms with Gasteiger partial charge in [0.1, 0.15) is 0 Å². The summed E-state index contributed by atoms with van der Waals surface area (Å²) in [5.74, 6) is -1.66. The number of amides is 2. The molecule has 0 spiro atoms. The van der Waals surface area contributed by atoms with Crippen LogP contribution in [0.25, 0.3) is 0 Å². The van der Waals surface area contributed by atoms with Gasteiger partial charge in [-0.05, 0) is 43.2 Å². The molecular weight excluding hydrogens is 291 g/mol. The van der Waals surface area contributed by atoms with Crippen LogP contribution in [0.15, 0.2) is 18.2 Å². The van der Waals surface area contributed by atoms with Crippen molar-refractivity contribution in [1.82, 2.24) is 0 Å². The predicted octanol–water partition coefficient (Wildman–Crippen LogP) is 2.27. The largest absolute Gasteiger partial charge is 0.306 e. The van der Waals surface area contributed by atoms with Crippen LogP contribution in [0.3, 0.4) is 0 Å². The van der Waals surface area contributed by atoms with Gasteiger partial charge in [-0.3, -0.25) is 19.7 Å². The number of nitro groups is 1. The molecule has 4 atom stereocenters. The Kier molecular flexibility index (Phi) is 2.64. The molecule has 2 saturated carbocycles. The van der Waals surface area contributed by atoms with Gasteiger partial charge >= 0.3 is 5.69 Å². The van der Waals surface area contributed by atoms with Gasteiger partial charge in [0.25, 0.3) is 0 Å². The summed E-state index contributed by atoms with van der Waals surface area (Å²) < 4.78 is 13.4. The highest BCUT2D eigenvalue weighted by atomic mass is 19.1. The van der Waals surface area contributed by atoms with Crippen LogP contribution in [0.1, 0.15) is 19.3 Å². The third-order valence-electron chi connectivity index (χ3n) is 5.31. The Bertz CT molecular complexity index is 691. The van der Waals surface area contributed by atoms with Crippen LogP contribution < -0.4 is 4.90 Å². The van der Waals surface area contributed by atoms with E-state index in [9.17, 15) is 24.1 Å². The number of carbonyl (C=O) groups excluding carboxylic acids is 2. The van der Waals surface area contributed by atoms with Gasteiger partial charge in [-0.2, -0.15) is 4.39 Å². The van der Waals surface area contributed by atoms with Crippen molar-refractivity contribution in [3.05, 3.63) is 34.1 Å². The molecule has 1 saturated heterocycles. The van der Waals surface area contributed by atoms with Gasteiger partial charge in [0.2, 0.25) is 17.6 Å². The Morgan fingerprint density at radius 3 is 2.27 bits per heavy atom. The van der Waals surface area contributed by atoms with E-state index < -0.39 is 16.4 Å². The van der Waals surface area contributed by atoms with Gasteiger partial charge in [-0.1, -0.05) is 0 Å². The summed E-state index contributed by atoms with van der Waals surface area (Å²) in [6.07, 6.45) is 2.84. The van der Waals surface area contributed by atoms with E-state index in [1.807, 2.05) is 0 Å². The van der Waals surface area contributed by atoms with Crippen LogP contribution in [0.5, 0.6) is 0 Å². The van der Waals surface area contributed by atoms with Crippen molar-refractivity contribution < 1.29 is 18.9 Å². The number of nitrogens with zero attached hydrogens (tertiary/aromatic N) is 2. The zero-order valence-electron chi connectivity index (χ0n) is 11.6. The summed E-state index contributed by atoms with van der Waals surface area (Å²) >= 11 is 0. The van der Waals surface area contributed by atoms with E-state index >= 15 is 0 Å². The normalized spacial score (nSPS) is 32.7. The average Bonchev–Trinajstić information content (AvgIpc) is 3.14. The molecule has 22 heavy (non-hydrogen) atoms. The molecule has 6 nitrogen and oxygen atoms in total. The zero-order chi connectivity index (χ0) is 15.6. The van der Waals surface area contributed by atoms with E-state index in [1.165, 1.54) is 6.07 Å². The number of hydrogen-bond donors (Lipinski definition) is 0. The van der Waals surface area contributed by atoms with Gasteiger partial charge in [0.05, 0.1) is 22.4 Å². The van der Waals surface area contributed by atoms with Gasteiger partial charge < -0.3 is 0 Å². The lowest BCUT2D eigenvalue weighted by Gasteiger charge is -2.19. The van der Waals surface area contributed by atoms with E-state index in [1.54, 1.807) is 0 Å². The molecular formula is C15H13FN2O4. The maximum atomic E-state index is 13.4. The van der Waals surface area contributed by atoms with Crippen LogP contribution in [0.2, 0.25) is 0 Å². The lowest BCUT2D eigenvalue weighted by molar-refractivity contribution is -0.387. The smallest absolute Gasteiger partial charge is 0.274 e. The Balaban J connectivity index is 1.75. The Morgan fingerprint density at radius 2 is 1.73 bits per heavy atom. The molecule has 1 aliphatic heterocycles. The van der Waals surface area contributed by atoms with Gasteiger partial charge in [0, 0.05) is 6.07 Å². The van der Waals surface area contributed by atoms with Crippen molar-refractivity contribution in [2.75, 3.05) is 4.90 Å². The van der Waals surface area contributed by atoms with Gasteiger partial charge in [-0.25, -0.2) is 4.90 Å². The lowest BCUT2D eigenvalue weighted by Crippen LogP contribution is -2.32. The molecule has 0 aromatic heterocycles. The van der Waals surface area contributed by atoms with Crippen LogP contribution in [0, 0.1) is 39.6 Å². The molecule has 3 fully saturated rings. The van der Waals surface area contributed by atoms with Crippen molar-refractivity contribution in [3.8, 4) is 0 Å². The molecule has 4 rings (SSSR count). The maximum absolute atomic E-state index is 13.4. The topological polar surface area (TPSA) is 80.5 Å². The summed E-state index contributed by atoms with van der Waals surface area (Å²) in [6.45, 7) is 0. The number of anilines is 1. The number of imide groups is 1. The molecule has 2 bridgehead atoms. The first kappa shape index (κ1) is 13.4. The summed E-state index contributed by atoms with van der Waals surface area (Å²) in [4.78, 5) is 36.2. The monoisotopic (exact) mass is 304 g/mol. The van der Waals surface area contributed by atoms with E-state index in [0.717, 1.165) is 36.3 Å². The molecule has 0 radical (unpaired) electrons. The van der Waals surface area contributed by atoms with Gasteiger partial charge in [0.15, 0.2) is 0 Å². The molecule has 1 aromatic rings. The fourth-order valence-corrected chi connectivity index (χ4v) is 4.44. The molecule has 2 aliphatic carbocycles. The first-order valence-electron chi connectivity index (χ1n) is 7.31. The first-order chi connectivity index (χ1) is 10.5. The second-order valence-electron chi connectivity index (χ2n) is 6.29. The molecule has 3 aliphatic rings. The lowest BCUT2D eigenvalue weighted by atomic mass is 9.81. The molecule has 7 heteroatoms. The highest BCUT2D eigenvalue weighted by Gasteiger charge is 2.61. The SMILES string of the molecule is O=C1[C@@H]2[C@H]3CC[C@@H](C3)[C@@H]2C(=O)N1c1ccc(F)c([N+](=O)[O-])c1. The van der Waals surface area contributed by atoms with E-state index in [-0.39, 0.29) is 41.2 Å². The first-order valence-corrected chi connectivity index (χ1v) is 7.31. The number of hydrogen-bond acceptors (Lipinski definition) is 4. The molecule has 0 N–H and O–H groups in total. The maximum Gasteiger partial charge on any atom is 0.306 e. The molecule has 2 amide bonds. The third-order valence-corrected chi connectivity index (χ3v) is 5.31. The summed E-state index contributed by atoms with van der Waals surface area (Å²) in [5.41, 5.74) is -0.630. The van der Waals surface area contributed by atoms with E-state index in [2.05, 4.69) is 0 Å². The van der Waals surface area contributed by atoms with E-state index in [0.29, 0.717) is 0 Å². The fraction of sp³-hybridized carbons (Fsp3) is 0.467. The van der Waals surface area contributed by atoms with Crippen molar-refractivity contribution in [2.24, 2.45) is 23.7 Å². The zero-order valence-corrected chi connectivity index (χ0v) is 11.6. The van der Waals surface area contributed by atoms with Crippen molar-refractivity contribution >= 4 is 23.2 Å². The highest BCUT2D eigenvalue weighted by molar-refractivity contribution is 6.22. The Morgan fingerprint density at radius 1 is 1.14 bits per heavy atom. The number of benzene rings is 1. The summed E-state index contributed by atoms with van der Waals surface area (Å²) in [6, 6.07) is 3.14. The van der Waals surface area contributed by atoms with Crippen molar-refractivity contribution in [1.29, 1.82) is 0 Å².